The van der Waals surface area contributed by atoms with Gasteiger partial charge in [0, 0.05) is 10.7 Å². The highest BCUT2D eigenvalue weighted by Crippen LogP contribution is 2.34. The van der Waals surface area contributed by atoms with Gasteiger partial charge in [-0.25, -0.2) is 8.42 Å². The van der Waals surface area contributed by atoms with Crippen molar-refractivity contribution in [3.63, 3.8) is 0 Å². The summed E-state index contributed by atoms with van der Waals surface area (Å²) in [5, 5.41) is 0. The lowest BCUT2D eigenvalue weighted by Gasteiger charge is -2.17. The maximum atomic E-state index is 12.6. The van der Waals surface area contributed by atoms with E-state index in [0.717, 1.165) is 16.7 Å². The number of halogens is 1. The molecule has 0 bridgehead atoms. The molecule has 0 amide bonds. The summed E-state index contributed by atoms with van der Waals surface area (Å²) in [6, 6.07) is 18.9. The first-order valence-corrected chi connectivity index (χ1v) is 17.5. The molecule has 2 aliphatic rings. The number of rotatable bonds is 7. The average Bonchev–Trinajstić information content (AvgIpc) is 3.47. The molecular formula is C27H29ClO10S3. The van der Waals surface area contributed by atoms with Crippen molar-refractivity contribution in [1.82, 2.24) is 0 Å². The fourth-order valence-corrected chi connectivity index (χ4v) is 7.05. The van der Waals surface area contributed by atoms with Crippen LogP contribution in [0.25, 0.3) is 0 Å². The van der Waals surface area contributed by atoms with Gasteiger partial charge in [0.15, 0.2) is 0 Å². The van der Waals surface area contributed by atoms with Gasteiger partial charge in [-0.2, -0.15) is 16.8 Å². The Bertz CT molecular complexity index is 1580. The smallest absolute Gasteiger partial charge is 0.297 e. The molecule has 0 N–H and O–H groups in total. The minimum atomic E-state index is -4.02. The summed E-state index contributed by atoms with van der Waals surface area (Å²) in [6.45, 7) is 5.48. The Morgan fingerprint density at radius 1 is 0.561 bits per heavy atom. The van der Waals surface area contributed by atoms with Crippen LogP contribution >= 0.6 is 10.7 Å². The van der Waals surface area contributed by atoms with E-state index in [0.29, 0.717) is 0 Å². The number of aryl methyl sites for hydroxylation is 3. The van der Waals surface area contributed by atoms with E-state index in [1.54, 1.807) is 36.4 Å². The summed E-state index contributed by atoms with van der Waals surface area (Å²) in [4.78, 5) is 0.207. The largest absolute Gasteiger partial charge is 0.370 e. The van der Waals surface area contributed by atoms with Gasteiger partial charge in [0.2, 0.25) is 0 Å². The molecule has 10 nitrogen and oxygen atoms in total. The van der Waals surface area contributed by atoms with E-state index in [1.165, 1.54) is 36.4 Å². The molecule has 2 aliphatic heterocycles. The van der Waals surface area contributed by atoms with Crippen molar-refractivity contribution in [3.05, 3.63) is 89.5 Å². The molecule has 41 heavy (non-hydrogen) atoms. The first-order valence-electron chi connectivity index (χ1n) is 12.4. The molecule has 0 spiro atoms. The van der Waals surface area contributed by atoms with Crippen LogP contribution in [0.5, 0.6) is 0 Å². The molecule has 4 atom stereocenters. The summed E-state index contributed by atoms with van der Waals surface area (Å²) < 4.78 is 93.5. The van der Waals surface area contributed by atoms with Crippen molar-refractivity contribution < 1.29 is 43.1 Å². The molecule has 0 radical (unpaired) electrons. The van der Waals surface area contributed by atoms with Crippen LogP contribution in [0.4, 0.5) is 0 Å². The monoisotopic (exact) mass is 644 g/mol. The van der Waals surface area contributed by atoms with Crippen LogP contribution < -0.4 is 0 Å². The van der Waals surface area contributed by atoms with Crippen LogP contribution in [0.1, 0.15) is 16.7 Å². The van der Waals surface area contributed by atoms with Crippen molar-refractivity contribution in [1.29, 1.82) is 0 Å². The molecule has 2 fully saturated rings. The van der Waals surface area contributed by atoms with E-state index in [9.17, 15) is 25.3 Å². The fraction of sp³-hybridized carbons (Fsp3) is 0.333. The summed E-state index contributed by atoms with van der Waals surface area (Å²) in [5.74, 6) is 0. The number of hydrogen-bond donors (Lipinski definition) is 0. The van der Waals surface area contributed by atoms with Gasteiger partial charge < -0.3 is 9.47 Å². The van der Waals surface area contributed by atoms with E-state index in [2.05, 4.69) is 0 Å². The third-order valence-electron chi connectivity index (χ3n) is 6.38. The van der Waals surface area contributed by atoms with Gasteiger partial charge in [-0.3, -0.25) is 8.37 Å². The van der Waals surface area contributed by atoms with Crippen molar-refractivity contribution in [2.75, 3.05) is 13.2 Å². The summed E-state index contributed by atoms with van der Waals surface area (Å²) in [7, 11) is -6.50. The second kappa shape index (κ2) is 12.5. The Hall–Kier alpha value is -2.36. The summed E-state index contributed by atoms with van der Waals surface area (Å²) in [5.41, 5.74) is 2.85. The summed E-state index contributed by atoms with van der Waals surface area (Å²) in [6.07, 6.45) is -3.28. The maximum absolute atomic E-state index is 12.6. The van der Waals surface area contributed by atoms with E-state index in [4.69, 9.17) is 28.5 Å². The summed E-state index contributed by atoms with van der Waals surface area (Å²) >= 11 is 0. The lowest BCUT2D eigenvalue weighted by atomic mass is 10.1. The van der Waals surface area contributed by atoms with Crippen LogP contribution in [0.15, 0.2) is 87.5 Å². The van der Waals surface area contributed by atoms with E-state index >= 15 is 0 Å². The van der Waals surface area contributed by atoms with Gasteiger partial charge in [0.1, 0.15) is 24.4 Å². The zero-order valence-electron chi connectivity index (χ0n) is 22.3. The van der Waals surface area contributed by atoms with E-state index in [1.807, 2.05) is 20.8 Å². The highest BCUT2D eigenvalue weighted by molar-refractivity contribution is 8.13. The molecule has 0 aromatic heterocycles. The van der Waals surface area contributed by atoms with Gasteiger partial charge >= 0.3 is 0 Å². The normalized spacial score (nSPS) is 22.5. The molecule has 222 valence electrons. The predicted octanol–water partition coefficient (Wildman–Crippen LogP) is 3.87. The number of hydrogen-bond acceptors (Lipinski definition) is 10. The average molecular weight is 645 g/mol. The van der Waals surface area contributed by atoms with Gasteiger partial charge in [-0.1, -0.05) is 53.1 Å². The molecule has 0 unspecified atom stereocenters. The number of fused-ring (bicyclic) bond motifs is 1. The Morgan fingerprint density at radius 2 is 0.854 bits per heavy atom. The lowest BCUT2D eigenvalue weighted by Crippen LogP contribution is -2.36. The zero-order chi connectivity index (χ0) is 30.0. The van der Waals surface area contributed by atoms with E-state index < -0.39 is 53.7 Å². The SMILES string of the molecule is Cc1ccc(S(=O)(=O)Cl)cc1.Cc1ccc(S(=O)(=O)O[C@H]2CO[C@H]3[C@@H]2OC[C@H]3OS(=O)(=O)c2ccc(C)cc2)cc1. The highest BCUT2D eigenvalue weighted by Gasteiger charge is 2.51. The van der Waals surface area contributed by atoms with Gasteiger partial charge in [0.25, 0.3) is 29.3 Å². The van der Waals surface area contributed by atoms with Crippen LogP contribution in [0.3, 0.4) is 0 Å². The molecule has 0 aliphatic carbocycles. The molecule has 3 aromatic carbocycles. The number of ether oxygens (including phenoxy) is 2. The highest BCUT2D eigenvalue weighted by atomic mass is 35.7. The predicted molar refractivity (Wildman–Crippen MR) is 150 cm³/mol. The Morgan fingerprint density at radius 3 is 1.15 bits per heavy atom. The minimum Gasteiger partial charge on any atom is -0.370 e. The first-order chi connectivity index (χ1) is 19.2. The standard InChI is InChI=1S/C20H22O8S2.C7H7ClO2S/c1-13-3-7-15(8-4-13)29(21,22)27-17-11-25-20-18(12-26-19(17)20)28-30(23,24)16-9-5-14(2)6-10-16;1-6-2-4-7(5-3-6)11(8,9)10/h3-10,17-20H,11-12H2,1-2H3;2-5H,1H3/t17-,18+,19-,20-;/m1./s1. The van der Waals surface area contributed by atoms with Crippen molar-refractivity contribution in [3.8, 4) is 0 Å². The second-order valence-corrected chi connectivity index (χ2v) is 15.4. The Kier molecular flexibility index (Phi) is 9.61. The van der Waals surface area contributed by atoms with Crippen LogP contribution in [-0.4, -0.2) is 62.9 Å². The van der Waals surface area contributed by atoms with Crippen LogP contribution in [0, 0.1) is 20.8 Å². The number of benzene rings is 3. The van der Waals surface area contributed by atoms with Gasteiger partial charge in [0.05, 0.1) is 27.9 Å². The molecule has 5 rings (SSSR count). The molecule has 0 saturated carbocycles. The minimum absolute atomic E-state index is 0.0318. The van der Waals surface area contributed by atoms with Crippen molar-refractivity contribution >= 4 is 40.0 Å². The fourth-order valence-electron chi connectivity index (χ4n) is 4.14. The Balaban J connectivity index is 0.000000296. The van der Waals surface area contributed by atoms with Gasteiger partial charge in [-0.15, -0.1) is 0 Å². The van der Waals surface area contributed by atoms with Crippen molar-refractivity contribution in [2.24, 2.45) is 0 Å². The third kappa shape index (κ3) is 7.93. The molecule has 2 heterocycles. The quantitative estimate of drug-likeness (QED) is 0.275. The van der Waals surface area contributed by atoms with Crippen molar-refractivity contribution in [2.45, 2.75) is 59.9 Å². The van der Waals surface area contributed by atoms with Crippen LogP contribution in [-0.2, 0) is 47.1 Å². The maximum Gasteiger partial charge on any atom is 0.297 e. The molecule has 2 saturated heterocycles. The first kappa shape index (κ1) is 31.6. The second-order valence-electron chi connectivity index (χ2n) is 9.65. The lowest BCUT2D eigenvalue weighted by molar-refractivity contribution is 0.0220. The third-order valence-corrected chi connectivity index (χ3v) is 10.5. The molecule has 14 heteroatoms. The van der Waals surface area contributed by atoms with Gasteiger partial charge in [-0.05, 0) is 57.2 Å². The van der Waals surface area contributed by atoms with E-state index in [-0.39, 0.29) is 27.9 Å². The van der Waals surface area contributed by atoms with Crippen LogP contribution in [0.2, 0.25) is 0 Å². The Labute approximate surface area is 244 Å². The molecule has 3 aromatic rings. The zero-order valence-corrected chi connectivity index (χ0v) is 25.5. The topological polar surface area (TPSA) is 139 Å². The molecular weight excluding hydrogens is 616 g/mol.